The molecule has 2 heterocycles. The van der Waals surface area contributed by atoms with Crippen LogP contribution >= 0.6 is 0 Å². The lowest BCUT2D eigenvalue weighted by Crippen LogP contribution is -2.38. The fourth-order valence-corrected chi connectivity index (χ4v) is 3.74. The van der Waals surface area contributed by atoms with Crippen molar-refractivity contribution >= 4 is 22.7 Å². The van der Waals surface area contributed by atoms with Crippen LogP contribution in [0.3, 0.4) is 0 Å². The summed E-state index contributed by atoms with van der Waals surface area (Å²) in [6.07, 6.45) is 3.00. The summed E-state index contributed by atoms with van der Waals surface area (Å²) in [5, 5.41) is 1.15. The predicted molar refractivity (Wildman–Crippen MR) is 101 cm³/mol. The lowest BCUT2D eigenvalue weighted by atomic mass is 9.97. The second-order valence-corrected chi connectivity index (χ2v) is 6.77. The average Bonchev–Trinajstić information content (AvgIpc) is 3.11. The third kappa shape index (κ3) is 2.96. The molecular formula is C21H21N3O2. The molecule has 4 rings (SSSR count). The number of hydrogen-bond donors (Lipinski definition) is 2. The van der Waals surface area contributed by atoms with Crippen molar-refractivity contribution in [2.75, 3.05) is 6.54 Å². The highest BCUT2D eigenvalue weighted by Crippen LogP contribution is 2.33. The molecule has 5 nitrogen and oxygen atoms in total. The molecule has 2 amide bonds. The van der Waals surface area contributed by atoms with Gasteiger partial charge in [-0.2, -0.15) is 0 Å². The molecule has 0 spiro atoms. The molecule has 1 aliphatic rings. The molecule has 1 aromatic heterocycles. The first-order valence-corrected chi connectivity index (χ1v) is 8.92. The molecule has 132 valence electrons. The van der Waals surface area contributed by atoms with Crippen molar-refractivity contribution in [3.8, 4) is 0 Å². The van der Waals surface area contributed by atoms with Gasteiger partial charge in [-0.25, -0.2) is 0 Å². The van der Waals surface area contributed by atoms with Crippen LogP contribution in [0.2, 0.25) is 0 Å². The smallest absolute Gasteiger partial charge is 0.254 e. The molecule has 3 N–H and O–H groups in total. The summed E-state index contributed by atoms with van der Waals surface area (Å²) in [5.74, 6) is -0.582. The van der Waals surface area contributed by atoms with Crippen molar-refractivity contribution in [3.05, 3.63) is 71.4 Å². The third-order valence-corrected chi connectivity index (χ3v) is 5.07. The number of nitrogens with zero attached hydrogens (tertiary/aromatic N) is 1. The van der Waals surface area contributed by atoms with E-state index < -0.39 is 5.91 Å². The van der Waals surface area contributed by atoms with Crippen LogP contribution in [0.1, 0.15) is 51.7 Å². The number of para-hydroxylation sites is 1. The number of benzene rings is 2. The SMILES string of the molecule is NC(=O)c1cccc(C(=O)N2CCCCC2c2cc3ccccc3[nH]2)c1. The molecule has 1 fully saturated rings. The van der Waals surface area contributed by atoms with Crippen molar-refractivity contribution in [3.63, 3.8) is 0 Å². The maximum atomic E-state index is 13.1. The van der Waals surface area contributed by atoms with E-state index in [0.29, 0.717) is 17.7 Å². The van der Waals surface area contributed by atoms with Crippen LogP contribution in [0.4, 0.5) is 0 Å². The summed E-state index contributed by atoms with van der Waals surface area (Å²) in [6.45, 7) is 0.708. The summed E-state index contributed by atoms with van der Waals surface area (Å²) in [7, 11) is 0. The predicted octanol–water partition coefficient (Wildman–Crippen LogP) is 3.63. The van der Waals surface area contributed by atoms with Crippen molar-refractivity contribution in [2.45, 2.75) is 25.3 Å². The molecular weight excluding hydrogens is 326 g/mol. The van der Waals surface area contributed by atoms with Crippen LogP contribution in [-0.2, 0) is 0 Å². The number of piperidine rings is 1. The molecule has 0 radical (unpaired) electrons. The van der Waals surface area contributed by atoms with E-state index in [4.69, 9.17) is 5.73 Å². The Morgan fingerprint density at radius 2 is 1.81 bits per heavy atom. The van der Waals surface area contributed by atoms with Gasteiger partial charge in [-0.3, -0.25) is 9.59 Å². The Balaban J connectivity index is 1.67. The van der Waals surface area contributed by atoms with Gasteiger partial charge in [-0.1, -0.05) is 24.3 Å². The number of hydrogen-bond acceptors (Lipinski definition) is 2. The van der Waals surface area contributed by atoms with E-state index >= 15 is 0 Å². The quantitative estimate of drug-likeness (QED) is 0.759. The van der Waals surface area contributed by atoms with Crippen LogP contribution in [0.25, 0.3) is 10.9 Å². The summed E-state index contributed by atoms with van der Waals surface area (Å²) in [4.78, 5) is 29.9. The van der Waals surface area contributed by atoms with E-state index in [-0.39, 0.29) is 11.9 Å². The molecule has 2 aromatic carbocycles. The number of fused-ring (bicyclic) bond motifs is 1. The summed E-state index contributed by atoms with van der Waals surface area (Å²) >= 11 is 0. The summed E-state index contributed by atoms with van der Waals surface area (Å²) in [6, 6.07) is 16.9. The molecule has 1 unspecified atom stereocenters. The number of likely N-dealkylation sites (tertiary alicyclic amines) is 1. The van der Waals surface area contributed by atoms with Crippen LogP contribution in [0, 0.1) is 0 Å². The minimum atomic E-state index is -0.523. The zero-order valence-corrected chi connectivity index (χ0v) is 14.4. The fourth-order valence-electron chi connectivity index (χ4n) is 3.74. The Kier molecular flexibility index (Phi) is 4.21. The molecule has 1 aliphatic heterocycles. The van der Waals surface area contributed by atoms with Crippen LogP contribution in [-0.4, -0.2) is 28.2 Å². The van der Waals surface area contributed by atoms with Crippen LogP contribution in [0.15, 0.2) is 54.6 Å². The maximum Gasteiger partial charge on any atom is 0.254 e. The van der Waals surface area contributed by atoms with E-state index in [2.05, 4.69) is 17.1 Å². The van der Waals surface area contributed by atoms with Crippen LogP contribution < -0.4 is 5.73 Å². The Labute approximate surface area is 151 Å². The first-order valence-electron chi connectivity index (χ1n) is 8.92. The van der Waals surface area contributed by atoms with Gasteiger partial charge in [0.05, 0.1) is 6.04 Å². The first-order chi connectivity index (χ1) is 12.6. The topological polar surface area (TPSA) is 79.2 Å². The number of primary amides is 1. The second kappa shape index (κ2) is 6.67. The monoisotopic (exact) mass is 347 g/mol. The molecule has 1 saturated heterocycles. The molecule has 5 heteroatoms. The van der Waals surface area contributed by atoms with Crippen LogP contribution in [0.5, 0.6) is 0 Å². The average molecular weight is 347 g/mol. The van der Waals surface area contributed by atoms with E-state index in [0.717, 1.165) is 35.9 Å². The summed E-state index contributed by atoms with van der Waals surface area (Å²) < 4.78 is 0. The van der Waals surface area contributed by atoms with Crippen molar-refractivity contribution in [1.82, 2.24) is 9.88 Å². The maximum absolute atomic E-state index is 13.1. The zero-order chi connectivity index (χ0) is 18.1. The Hall–Kier alpha value is -3.08. The second-order valence-electron chi connectivity index (χ2n) is 6.77. The van der Waals surface area contributed by atoms with E-state index in [1.807, 2.05) is 23.1 Å². The van der Waals surface area contributed by atoms with E-state index in [1.165, 1.54) is 0 Å². The molecule has 26 heavy (non-hydrogen) atoms. The first kappa shape index (κ1) is 16.4. The van der Waals surface area contributed by atoms with Gasteiger partial charge >= 0.3 is 0 Å². The van der Waals surface area contributed by atoms with Gasteiger partial charge in [0.25, 0.3) is 5.91 Å². The number of nitrogens with one attached hydrogen (secondary N) is 1. The number of aromatic amines is 1. The Morgan fingerprint density at radius 1 is 1.00 bits per heavy atom. The third-order valence-electron chi connectivity index (χ3n) is 5.07. The number of amides is 2. The van der Waals surface area contributed by atoms with Crippen molar-refractivity contribution in [1.29, 1.82) is 0 Å². The highest BCUT2D eigenvalue weighted by Gasteiger charge is 2.30. The van der Waals surface area contributed by atoms with Crippen molar-refractivity contribution in [2.24, 2.45) is 5.73 Å². The summed E-state index contributed by atoms with van der Waals surface area (Å²) in [5.41, 5.74) is 8.35. The van der Waals surface area contributed by atoms with Gasteiger partial charge in [0, 0.05) is 28.9 Å². The van der Waals surface area contributed by atoms with Crippen molar-refractivity contribution < 1.29 is 9.59 Å². The lowest BCUT2D eigenvalue weighted by molar-refractivity contribution is 0.0607. The minimum absolute atomic E-state index is 0.0147. The molecule has 0 saturated carbocycles. The van der Waals surface area contributed by atoms with Gasteiger partial charge in [0.1, 0.15) is 0 Å². The molecule has 3 aromatic rings. The standard InChI is InChI=1S/C21H21N3O2/c22-20(25)15-7-5-8-16(12-15)21(26)24-11-4-3-10-19(24)18-13-14-6-1-2-9-17(14)23-18/h1-2,5-9,12-13,19,23H,3-4,10-11H2,(H2,22,25). The lowest BCUT2D eigenvalue weighted by Gasteiger charge is -2.35. The van der Waals surface area contributed by atoms with Gasteiger partial charge < -0.3 is 15.6 Å². The molecule has 0 bridgehead atoms. The normalized spacial score (nSPS) is 17.4. The van der Waals surface area contributed by atoms with Gasteiger partial charge in [-0.15, -0.1) is 0 Å². The minimum Gasteiger partial charge on any atom is -0.366 e. The number of H-pyrrole nitrogens is 1. The Bertz CT molecular complexity index is 943. The number of rotatable bonds is 3. The number of nitrogens with two attached hydrogens (primary N) is 1. The molecule has 0 aliphatic carbocycles. The van der Waals surface area contributed by atoms with Gasteiger partial charge in [0.15, 0.2) is 0 Å². The fraction of sp³-hybridized carbons (Fsp3) is 0.238. The van der Waals surface area contributed by atoms with E-state index in [1.54, 1.807) is 24.3 Å². The number of carbonyl (C=O) groups excluding carboxylic acids is 2. The molecule has 1 atom stereocenters. The Morgan fingerprint density at radius 3 is 2.62 bits per heavy atom. The zero-order valence-electron chi connectivity index (χ0n) is 14.4. The van der Waals surface area contributed by atoms with E-state index in [9.17, 15) is 9.59 Å². The van der Waals surface area contributed by atoms with Gasteiger partial charge in [0.2, 0.25) is 5.91 Å². The van der Waals surface area contributed by atoms with Gasteiger partial charge in [-0.05, 0) is 55.0 Å². The number of aromatic nitrogens is 1. The largest absolute Gasteiger partial charge is 0.366 e. The highest BCUT2D eigenvalue weighted by molar-refractivity contribution is 5.99. The number of carbonyl (C=O) groups is 2. The highest BCUT2D eigenvalue weighted by atomic mass is 16.2.